The lowest BCUT2D eigenvalue weighted by atomic mass is 10.3. The van der Waals surface area contributed by atoms with E-state index in [0.29, 0.717) is 6.54 Å². The molecule has 0 radical (unpaired) electrons. The number of amides is 2. The highest BCUT2D eigenvalue weighted by molar-refractivity contribution is 7.82. The fourth-order valence-corrected chi connectivity index (χ4v) is 2.15. The molecule has 5 heteroatoms. The van der Waals surface area contributed by atoms with Crippen LogP contribution in [0.3, 0.4) is 0 Å². The number of urea groups is 1. The Morgan fingerprint density at radius 2 is 1.94 bits per heavy atom. The van der Waals surface area contributed by atoms with E-state index in [9.17, 15) is 4.79 Å². The minimum Gasteiger partial charge on any atom is -0.282 e. The normalized spacial score (nSPS) is 15.7. The number of hydrogen-bond acceptors (Lipinski definition) is 3. The summed E-state index contributed by atoms with van der Waals surface area (Å²) in [4.78, 5) is 15.4. The largest absolute Gasteiger partial charge is 0.335 e. The second-order valence-electron chi connectivity index (χ2n) is 4.11. The fourth-order valence-electron chi connectivity index (χ4n) is 1.85. The van der Waals surface area contributed by atoms with Crippen LogP contribution in [0.4, 0.5) is 10.5 Å². The first-order valence-electron chi connectivity index (χ1n) is 5.96. The maximum Gasteiger partial charge on any atom is 0.335 e. The van der Waals surface area contributed by atoms with Gasteiger partial charge in [-0.05, 0) is 18.6 Å². The molecule has 1 fully saturated rings. The molecule has 1 aromatic rings. The zero-order chi connectivity index (χ0) is 13.1. The second-order valence-corrected chi connectivity index (χ2v) is 4.50. The molecule has 1 aromatic carbocycles. The first kappa shape index (κ1) is 12.7. The van der Waals surface area contributed by atoms with Crippen LogP contribution in [-0.4, -0.2) is 28.3 Å². The number of amidine groups is 1. The van der Waals surface area contributed by atoms with E-state index in [1.165, 1.54) is 9.80 Å². The summed E-state index contributed by atoms with van der Waals surface area (Å²) < 4.78 is 0. The minimum atomic E-state index is -0.218. The zero-order valence-electron chi connectivity index (χ0n) is 10.2. The van der Waals surface area contributed by atoms with E-state index >= 15 is 0 Å². The predicted octanol–water partition coefficient (Wildman–Crippen LogP) is 3.03. The van der Waals surface area contributed by atoms with Gasteiger partial charge in [0.25, 0.3) is 0 Å². The van der Waals surface area contributed by atoms with Gasteiger partial charge in [0, 0.05) is 6.54 Å². The van der Waals surface area contributed by atoms with E-state index in [0.717, 1.165) is 18.5 Å². The lowest BCUT2D eigenvalue weighted by molar-refractivity contribution is 0.232. The minimum absolute atomic E-state index is 0.132. The van der Waals surface area contributed by atoms with Crippen LogP contribution in [-0.2, 0) is 0 Å². The van der Waals surface area contributed by atoms with Crippen LogP contribution in [0.25, 0.3) is 0 Å². The van der Waals surface area contributed by atoms with Crippen molar-refractivity contribution in [2.75, 3.05) is 11.4 Å². The number of nitrogens with zero attached hydrogens (tertiary/aromatic N) is 2. The van der Waals surface area contributed by atoms with Crippen LogP contribution >= 0.6 is 12.2 Å². The average molecular weight is 261 g/mol. The molecular formula is C13H15N3OS. The Bertz CT molecular complexity index is 486. The van der Waals surface area contributed by atoms with Crippen molar-refractivity contribution in [2.45, 2.75) is 19.8 Å². The lowest BCUT2D eigenvalue weighted by Crippen LogP contribution is -2.33. The molecule has 0 aliphatic carbocycles. The Morgan fingerprint density at radius 1 is 1.28 bits per heavy atom. The van der Waals surface area contributed by atoms with E-state index in [2.05, 4.69) is 6.92 Å². The van der Waals surface area contributed by atoms with Gasteiger partial charge in [0.15, 0.2) is 10.8 Å². The van der Waals surface area contributed by atoms with Gasteiger partial charge in [-0.25, -0.2) is 9.69 Å². The number of para-hydroxylation sites is 1. The number of benzene rings is 1. The number of hydrogen-bond donors (Lipinski definition) is 1. The number of carbonyl (C=O) groups is 1. The smallest absolute Gasteiger partial charge is 0.282 e. The van der Waals surface area contributed by atoms with Crippen LogP contribution in [0, 0.1) is 5.41 Å². The Balaban J connectivity index is 2.26. The molecule has 2 amide bonds. The molecule has 1 heterocycles. The average Bonchev–Trinajstić information content (AvgIpc) is 2.60. The molecule has 0 bridgehead atoms. The number of rotatable bonds is 4. The summed E-state index contributed by atoms with van der Waals surface area (Å²) in [6, 6.07) is 9.01. The summed E-state index contributed by atoms with van der Waals surface area (Å²) >= 11 is 5.19. The molecule has 4 nitrogen and oxygen atoms in total. The van der Waals surface area contributed by atoms with Gasteiger partial charge >= 0.3 is 6.03 Å². The van der Waals surface area contributed by atoms with Gasteiger partial charge in [-0.2, -0.15) is 0 Å². The molecule has 1 aliphatic rings. The van der Waals surface area contributed by atoms with Crippen LogP contribution in [0.15, 0.2) is 30.3 Å². The van der Waals surface area contributed by atoms with Crippen LogP contribution in [0.5, 0.6) is 0 Å². The van der Waals surface area contributed by atoms with Gasteiger partial charge in [-0.15, -0.1) is 0 Å². The van der Waals surface area contributed by atoms with Crippen molar-refractivity contribution >= 4 is 34.8 Å². The molecule has 0 unspecified atom stereocenters. The summed E-state index contributed by atoms with van der Waals surface area (Å²) in [6.45, 7) is 2.61. The molecule has 0 saturated carbocycles. The van der Waals surface area contributed by atoms with Crippen LogP contribution in [0.2, 0.25) is 0 Å². The van der Waals surface area contributed by atoms with Crippen molar-refractivity contribution in [1.29, 1.82) is 5.41 Å². The van der Waals surface area contributed by atoms with Crippen molar-refractivity contribution in [3.63, 3.8) is 0 Å². The molecule has 0 aromatic heterocycles. The van der Waals surface area contributed by atoms with Crippen molar-refractivity contribution < 1.29 is 4.79 Å². The molecule has 1 saturated heterocycles. The maximum absolute atomic E-state index is 12.3. The van der Waals surface area contributed by atoms with E-state index in [1.807, 2.05) is 30.3 Å². The molecule has 18 heavy (non-hydrogen) atoms. The quantitative estimate of drug-likeness (QED) is 0.847. The number of unbranched alkanes of at least 4 members (excludes halogenated alkanes) is 1. The third kappa shape index (κ3) is 2.13. The van der Waals surface area contributed by atoms with Crippen molar-refractivity contribution in [2.24, 2.45) is 0 Å². The van der Waals surface area contributed by atoms with Gasteiger partial charge in [-0.3, -0.25) is 10.3 Å². The third-order valence-electron chi connectivity index (χ3n) is 2.85. The van der Waals surface area contributed by atoms with E-state index in [-0.39, 0.29) is 16.9 Å². The number of carbonyl (C=O) groups excluding carboxylic acids is 1. The van der Waals surface area contributed by atoms with Crippen LogP contribution in [0.1, 0.15) is 19.8 Å². The van der Waals surface area contributed by atoms with Crippen molar-refractivity contribution in [1.82, 2.24) is 4.90 Å². The number of thiocarbonyl (C=S) groups is 1. The second kappa shape index (κ2) is 5.27. The third-order valence-corrected chi connectivity index (χ3v) is 3.22. The van der Waals surface area contributed by atoms with Crippen molar-refractivity contribution in [3.8, 4) is 0 Å². The topological polar surface area (TPSA) is 47.4 Å². The van der Waals surface area contributed by atoms with E-state index in [1.54, 1.807) is 0 Å². The molecule has 0 atom stereocenters. The van der Waals surface area contributed by atoms with E-state index < -0.39 is 0 Å². The Hall–Kier alpha value is -1.75. The zero-order valence-corrected chi connectivity index (χ0v) is 11.0. The first-order valence-corrected chi connectivity index (χ1v) is 6.37. The lowest BCUT2D eigenvalue weighted by Gasteiger charge is -2.16. The maximum atomic E-state index is 12.3. The monoisotopic (exact) mass is 261 g/mol. The highest BCUT2D eigenvalue weighted by atomic mass is 32.1. The molecule has 1 N–H and O–H groups in total. The fraction of sp³-hybridized carbons (Fsp3) is 0.308. The highest BCUT2D eigenvalue weighted by Gasteiger charge is 2.38. The summed E-state index contributed by atoms with van der Waals surface area (Å²) in [5.74, 6) is 0.132. The summed E-state index contributed by atoms with van der Waals surface area (Å²) in [7, 11) is 0. The van der Waals surface area contributed by atoms with Gasteiger partial charge in [0.1, 0.15) is 0 Å². The number of anilines is 1. The van der Waals surface area contributed by atoms with Gasteiger partial charge in [0.05, 0.1) is 5.69 Å². The molecular weight excluding hydrogens is 246 g/mol. The molecule has 2 rings (SSSR count). The standard InChI is InChI=1S/C13H15N3OS/c1-2-3-9-15-11(14)12(18)16(13(15)17)10-7-5-4-6-8-10/h4-8,14H,2-3,9H2,1H3. The molecule has 1 aliphatic heterocycles. The SMILES string of the molecule is CCCCN1C(=N)C(=S)N(c2ccccc2)C1=O. The van der Waals surface area contributed by atoms with Gasteiger partial charge in [0.2, 0.25) is 0 Å². The van der Waals surface area contributed by atoms with Crippen LogP contribution < -0.4 is 4.90 Å². The molecule has 0 spiro atoms. The predicted molar refractivity (Wildman–Crippen MR) is 76.3 cm³/mol. The summed E-state index contributed by atoms with van der Waals surface area (Å²) in [5, 5.41) is 7.92. The summed E-state index contributed by atoms with van der Waals surface area (Å²) in [5.41, 5.74) is 0.719. The Kier molecular flexibility index (Phi) is 3.72. The summed E-state index contributed by atoms with van der Waals surface area (Å²) in [6.07, 6.45) is 1.86. The van der Waals surface area contributed by atoms with Gasteiger partial charge < -0.3 is 0 Å². The first-order chi connectivity index (χ1) is 8.66. The molecule has 94 valence electrons. The Labute approximate surface area is 112 Å². The van der Waals surface area contributed by atoms with Crippen molar-refractivity contribution in [3.05, 3.63) is 30.3 Å². The number of nitrogens with one attached hydrogen (secondary N) is 1. The van der Waals surface area contributed by atoms with E-state index in [4.69, 9.17) is 17.6 Å². The Morgan fingerprint density at radius 3 is 2.56 bits per heavy atom. The van der Waals surface area contributed by atoms with Gasteiger partial charge in [-0.1, -0.05) is 43.8 Å². The highest BCUT2D eigenvalue weighted by Crippen LogP contribution is 2.23.